The summed E-state index contributed by atoms with van der Waals surface area (Å²) < 4.78 is 65.0. The average molecular weight is 464 g/mol. The van der Waals surface area contributed by atoms with Crippen LogP contribution in [0.3, 0.4) is 0 Å². The summed E-state index contributed by atoms with van der Waals surface area (Å²) in [5, 5.41) is 13.4. The van der Waals surface area contributed by atoms with E-state index < -0.39 is 55.5 Å². The molecule has 2 aromatic rings. The molecule has 1 aromatic carbocycles. The van der Waals surface area contributed by atoms with Gasteiger partial charge in [0.25, 0.3) is 5.91 Å². The first-order chi connectivity index (χ1) is 13.5. The van der Waals surface area contributed by atoms with Crippen LogP contribution in [0, 0.1) is 5.41 Å². The van der Waals surface area contributed by atoms with Gasteiger partial charge in [0.15, 0.2) is 0 Å². The van der Waals surface area contributed by atoms with Crippen LogP contribution in [-0.4, -0.2) is 31.4 Å². The number of nitrogens with one attached hydrogen (secondary N) is 1. The molecule has 0 fully saturated rings. The fourth-order valence-corrected chi connectivity index (χ4v) is 5.02. The van der Waals surface area contributed by atoms with Crippen LogP contribution in [0.4, 0.5) is 18.9 Å². The number of anilines is 1. The van der Waals surface area contributed by atoms with Crippen LogP contribution < -0.4 is 11.1 Å². The van der Waals surface area contributed by atoms with Crippen LogP contribution >= 0.6 is 11.3 Å². The van der Waals surface area contributed by atoms with E-state index in [0.717, 1.165) is 6.07 Å². The molecule has 164 valence electrons. The van der Waals surface area contributed by atoms with Crippen LogP contribution in [0.2, 0.25) is 0 Å². The number of carbonyl (C=O) groups excluding carboxylic acids is 2. The minimum atomic E-state index is -4.80. The number of amides is 2. The molecule has 2 rings (SSSR count). The third-order valence-corrected chi connectivity index (χ3v) is 7.30. The van der Waals surface area contributed by atoms with E-state index in [1.165, 1.54) is 26.2 Å². The lowest BCUT2D eigenvalue weighted by molar-refractivity contribution is -0.137. The van der Waals surface area contributed by atoms with Crippen molar-refractivity contribution in [2.45, 2.75) is 42.2 Å². The van der Waals surface area contributed by atoms with Crippen molar-refractivity contribution < 1.29 is 36.3 Å². The molecule has 0 saturated carbocycles. The zero-order chi connectivity index (χ0) is 23.1. The van der Waals surface area contributed by atoms with Crippen LogP contribution in [0.1, 0.15) is 36.7 Å². The number of nitrogens with two attached hydrogens (primary N) is 1. The largest absolute Gasteiger partial charge is 0.416 e. The van der Waals surface area contributed by atoms with Gasteiger partial charge in [-0.15, -0.1) is 11.3 Å². The lowest BCUT2D eigenvalue weighted by Gasteiger charge is -2.25. The SMILES string of the molecule is CC(C)(C)[C@H](O)C(=O)Nc1cc(C(F)(F)F)ccc1S(=O)(=O)c1cc(C(N)=O)cs1. The van der Waals surface area contributed by atoms with Crippen molar-refractivity contribution in [1.29, 1.82) is 0 Å². The summed E-state index contributed by atoms with van der Waals surface area (Å²) in [7, 11) is -4.40. The summed E-state index contributed by atoms with van der Waals surface area (Å²) in [5.41, 5.74) is 2.24. The summed E-state index contributed by atoms with van der Waals surface area (Å²) in [6.45, 7) is 4.58. The van der Waals surface area contributed by atoms with E-state index in [9.17, 15) is 36.3 Å². The first kappa shape index (κ1) is 23.8. The highest BCUT2D eigenvalue weighted by molar-refractivity contribution is 7.93. The van der Waals surface area contributed by atoms with E-state index in [4.69, 9.17) is 5.73 Å². The highest BCUT2D eigenvalue weighted by atomic mass is 32.2. The van der Waals surface area contributed by atoms with E-state index in [1.807, 2.05) is 0 Å². The van der Waals surface area contributed by atoms with Gasteiger partial charge in [-0.3, -0.25) is 9.59 Å². The molecule has 0 bridgehead atoms. The number of alkyl halides is 3. The van der Waals surface area contributed by atoms with Gasteiger partial charge in [-0.1, -0.05) is 20.8 Å². The maximum absolute atomic E-state index is 13.1. The number of thiophene rings is 1. The number of hydrogen-bond donors (Lipinski definition) is 3. The van der Waals surface area contributed by atoms with Gasteiger partial charge in [0, 0.05) is 5.38 Å². The van der Waals surface area contributed by atoms with Crippen molar-refractivity contribution >= 4 is 38.7 Å². The number of halogens is 3. The second-order valence-electron chi connectivity index (χ2n) is 7.49. The smallest absolute Gasteiger partial charge is 0.383 e. The molecule has 7 nitrogen and oxygen atoms in total. The number of carbonyl (C=O) groups is 2. The molecule has 4 N–H and O–H groups in total. The Hall–Kier alpha value is -2.44. The maximum Gasteiger partial charge on any atom is 0.416 e. The van der Waals surface area contributed by atoms with Crippen LogP contribution in [-0.2, 0) is 20.8 Å². The number of aliphatic hydroxyl groups excluding tert-OH is 1. The summed E-state index contributed by atoms with van der Waals surface area (Å²) in [4.78, 5) is 22.9. The molecule has 1 heterocycles. The van der Waals surface area contributed by atoms with Gasteiger partial charge in [-0.05, 0) is 29.7 Å². The number of aliphatic hydroxyl groups is 1. The van der Waals surface area contributed by atoms with Gasteiger partial charge in [-0.2, -0.15) is 13.2 Å². The third-order valence-electron chi connectivity index (χ3n) is 4.05. The van der Waals surface area contributed by atoms with Crippen molar-refractivity contribution in [1.82, 2.24) is 0 Å². The number of primary amides is 1. The standard InChI is InChI=1S/C18H19F3N2O5S2/c1-17(2,3)14(24)16(26)23-11-7-10(18(19,20)21)4-5-12(11)30(27,28)13-6-9(8-29-13)15(22)25/h4-8,14,24H,1-3H3,(H2,22,25)(H,23,26)/t14-/m1/s1. The molecule has 1 aromatic heterocycles. The van der Waals surface area contributed by atoms with Crippen molar-refractivity contribution in [3.8, 4) is 0 Å². The van der Waals surface area contributed by atoms with Gasteiger partial charge in [0.2, 0.25) is 15.7 Å². The molecule has 0 aliphatic carbocycles. The van der Waals surface area contributed by atoms with Gasteiger partial charge in [0.1, 0.15) is 10.3 Å². The topological polar surface area (TPSA) is 127 Å². The number of rotatable bonds is 5. The van der Waals surface area contributed by atoms with Crippen LogP contribution in [0.15, 0.2) is 38.8 Å². The normalized spacial score (nSPS) is 13.7. The number of sulfone groups is 1. The molecule has 1 atom stereocenters. The molecule has 12 heteroatoms. The Balaban J connectivity index is 2.60. The van der Waals surface area contributed by atoms with Crippen molar-refractivity contribution in [2.24, 2.45) is 11.1 Å². The Morgan fingerprint density at radius 1 is 1.17 bits per heavy atom. The quantitative estimate of drug-likeness (QED) is 0.627. The Bertz CT molecular complexity index is 1090. The van der Waals surface area contributed by atoms with E-state index in [0.29, 0.717) is 29.5 Å². The lowest BCUT2D eigenvalue weighted by atomic mass is 9.88. The number of hydrogen-bond acceptors (Lipinski definition) is 6. The van der Waals surface area contributed by atoms with E-state index in [2.05, 4.69) is 5.32 Å². The highest BCUT2D eigenvalue weighted by Crippen LogP contribution is 2.37. The van der Waals surface area contributed by atoms with Gasteiger partial charge < -0.3 is 16.2 Å². The molecule has 0 spiro atoms. The summed E-state index contributed by atoms with van der Waals surface area (Å²) in [6, 6.07) is 2.74. The van der Waals surface area contributed by atoms with Gasteiger partial charge in [-0.25, -0.2) is 8.42 Å². The molecule has 2 amide bonds. The van der Waals surface area contributed by atoms with Crippen molar-refractivity contribution in [2.75, 3.05) is 5.32 Å². The lowest BCUT2D eigenvalue weighted by Crippen LogP contribution is -2.38. The molecule has 0 radical (unpaired) electrons. The average Bonchev–Trinajstić information content (AvgIpc) is 3.10. The van der Waals surface area contributed by atoms with Gasteiger partial charge >= 0.3 is 6.18 Å². The molecular formula is C18H19F3N2O5S2. The zero-order valence-electron chi connectivity index (χ0n) is 16.1. The van der Waals surface area contributed by atoms with Crippen LogP contribution in [0.5, 0.6) is 0 Å². The monoisotopic (exact) mass is 464 g/mol. The van der Waals surface area contributed by atoms with Crippen LogP contribution in [0.25, 0.3) is 0 Å². The molecule has 0 aliphatic heterocycles. The minimum absolute atomic E-state index is 0.0840. The molecule has 0 aliphatic rings. The molecule has 0 unspecified atom stereocenters. The zero-order valence-corrected chi connectivity index (χ0v) is 17.7. The molecule has 30 heavy (non-hydrogen) atoms. The van der Waals surface area contributed by atoms with E-state index >= 15 is 0 Å². The fraction of sp³-hybridized carbons (Fsp3) is 0.333. The van der Waals surface area contributed by atoms with E-state index in [-0.39, 0.29) is 9.77 Å². The third kappa shape index (κ3) is 4.99. The summed E-state index contributed by atoms with van der Waals surface area (Å²) in [6.07, 6.45) is -6.42. The predicted octanol–water partition coefficient (Wildman–Crippen LogP) is 3.04. The molecular weight excluding hydrogens is 445 g/mol. The summed E-state index contributed by atoms with van der Waals surface area (Å²) >= 11 is 0.654. The predicted molar refractivity (Wildman–Crippen MR) is 104 cm³/mol. The Kier molecular flexibility index (Phi) is 6.36. The highest BCUT2D eigenvalue weighted by Gasteiger charge is 2.35. The number of benzene rings is 1. The van der Waals surface area contributed by atoms with Crippen molar-refractivity contribution in [3.05, 3.63) is 40.8 Å². The Morgan fingerprint density at radius 3 is 2.23 bits per heavy atom. The van der Waals surface area contributed by atoms with Gasteiger partial charge in [0.05, 0.1) is 21.7 Å². The Labute approximate surface area is 174 Å². The Morgan fingerprint density at radius 2 is 1.77 bits per heavy atom. The first-order valence-electron chi connectivity index (χ1n) is 8.38. The van der Waals surface area contributed by atoms with E-state index in [1.54, 1.807) is 0 Å². The summed E-state index contributed by atoms with van der Waals surface area (Å²) in [5.74, 6) is -1.94. The second-order valence-corrected chi connectivity index (χ2v) is 10.5. The fourth-order valence-electron chi connectivity index (χ4n) is 2.33. The van der Waals surface area contributed by atoms with Crippen molar-refractivity contribution in [3.63, 3.8) is 0 Å². The first-order valence-corrected chi connectivity index (χ1v) is 10.7. The second kappa shape index (κ2) is 8.00. The maximum atomic E-state index is 13.1. The minimum Gasteiger partial charge on any atom is -0.383 e. The molecule has 0 saturated heterocycles.